The Bertz CT molecular complexity index is 511. The molecule has 2 N–H and O–H groups in total. The lowest BCUT2D eigenvalue weighted by molar-refractivity contribution is -0.000125. The minimum atomic E-state index is -0.809. The summed E-state index contributed by atoms with van der Waals surface area (Å²) in [6.45, 7) is 0.321. The molecule has 0 aromatic heterocycles. The normalized spacial score (nSPS) is 12.3. The Balaban J connectivity index is 1.99. The van der Waals surface area contributed by atoms with E-state index in [-0.39, 0.29) is 13.2 Å². The first kappa shape index (κ1) is 14.7. The highest BCUT2D eigenvalue weighted by Crippen LogP contribution is 2.15. The molecule has 0 spiro atoms. The predicted octanol–water partition coefficient (Wildman–Crippen LogP) is 2.15. The molecule has 0 radical (unpaired) electrons. The topological polar surface area (TPSA) is 49.7 Å². The Morgan fingerprint density at radius 2 is 1.55 bits per heavy atom. The molecule has 106 valence electrons. The van der Waals surface area contributed by atoms with E-state index >= 15 is 0 Å². The van der Waals surface area contributed by atoms with Crippen LogP contribution in [0.5, 0.6) is 0 Å². The maximum Gasteiger partial charge on any atom is 0.100 e. The standard InChI is InChI=1S/C17H20O3/c18-11-17(19)13-20-12-16-9-5-4-8-15(16)10-14-6-2-1-3-7-14/h1-9,17-19H,10-13H2. The van der Waals surface area contributed by atoms with Crippen molar-refractivity contribution < 1.29 is 14.9 Å². The largest absolute Gasteiger partial charge is 0.394 e. The second-order valence-corrected chi connectivity index (χ2v) is 4.78. The van der Waals surface area contributed by atoms with Gasteiger partial charge in [-0.1, -0.05) is 54.6 Å². The monoisotopic (exact) mass is 272 g/mol. The van der Waals surface area contributed by atoms with E-state index < -0.39 is 6.10 Å². The van der Waals surface area contributed by atoms with E-state index in [0.717, 1.165) is 12.0 Å². The van der Waals surface area contributed by atoms with E-state index in [0.29, 0.717) is 6.61 Å². The first-order valence-electron chi connectivity index (χ1n) is 6.77. The smallest absolute Gasteiger partial charge is 0.100 e. The van der Waals surface area contributed by atoms with Crippen molar-refractivity contribution in [2.24, 2.45) is 0 Å². The molecule has 2 rings (SSSR count). The molecule has 0 saturated heterocycles. The Hall–Kier alpha value is -1.68. The third-order valence-corrected chi connectivity index (χ3v) is 3.13. The van der Waals surface area contributed by atoms with Gasteiger partial charge in [0.2, 0.25) is 0 Å². The first-order chi connectivity index (χ1) is 9.79. The molecular weight excluding hydrogens is 252 g/mol. The summed E-state index contributed by atoms with van der Waals surface area (Å²) in [7, 11) is 0. The van der Waals surface area contributed by atoms with Crippen LogP contribution in [0, 0.1) is 0 Å². The predicted molar refractivity (Wildman–Crippen MR) is 78.4 cm³/mol. The number of benzene rings is 2. The molecule has 20 heavy (non-hydrogen) atoms. The van der Waals surface area contributed by atoms with Crippen molar-refractivity contribution in [1.82, 2.24) is 0 Å². The van der Waals surface area contributed by atoms with E-state index in [1.54, 1.807) is 0 Å². The van der Waals surface area contributed by atoms with Crippen molar-refractivity contribution in [3.63, 3.8) is 0 Å². The first-order valence-corrected chi connectivity index (χ1v) is 6.77. The summed E-state index contributed by atoms with van der Waals surface area (Å²) in [6.07, 6.45) is 0.0550. The zero-order valence-electron chi connectivity index (χ0n) is 11.4. The third-order valence-electron chi connectivity index (χ3n) is 3.13. The number of ether oxygens (including phenoxy) is 1. The lowest BCUT2D eigenvalue weighted by Gasteiger charge is -2.12. The fourth-order valence-electron chi connectivity index (χ4n) is 2.04. The molecule has 0 heterocycles. The van der Waals surface area contributed by atoms with Gasteiger partial charge in [-0.3, -0.25) is 0 Å². The molecule has 2 aromatic carbocycles. The zero-order chi connectivity index (χ0) is 14.2. The van der Waals surface area contributed by atoms with Crippen LogP contribution in [0.25, 0.3) is 0 Å². The van der Waals surface area contributed by atoms with Gasteiger partial charge in [0.05, 0.1) is 19.8 Å². The lowest BCUT2D eigenvalue weighted by atomic mass is 10.0. The second-order valence-electron chi connectivity index (χ2n) is 4.78. The molecule has 2 aromatic rings. The van der Waals surface area contributed by atoms with Crippen LogP contribution in [0.3, 0.4) is 0 Å². The highest BCUT2D eigenvalue weighted by atomic mass is 16.5. The number of hydrogen-bond donors (Lipinski definition) is 2. The van der Waals surface area contributed by atoms with E-state index in [9.17, 15) is 5.11 Å². The molecule has 0 aliphatic heterocycles. The third kappa shape index (κ3) is 4.46. The van der Waals surface area contributed by atoms with Gasteiger partial charge >= 0.3 is 0 Å². The minimum absolute atomic E-state index is 0.149. The molecule has 0 aliphatic rings. The number of aliphatic hydroxyl groups is 2. The fraction of sp³-hybridized carbons (Fsp3) is 0.294. The average molecular weight is 272 g/mol. The maximum atomic E-state index is 9.27. The average Bonchev–Trinajstić information content (AvgIpc) is 2.50. The van der Waals surface area contributed by atoms with Crippen LogP contribution in [0.1, 0.15) is 16.7 Å². The molecule has 1 atom stereocenters. The molecule has 0 amide bonds. The molecule has 3 nitrogen and oxygen atoms in total. The highest BCUT2D eigenvalue weighted by molar-refractivity contribution is 5.32. The highest BCUT2D eigenvalue weighted by Gasteiger charge is 2.05. The Labute approximate surface area is 119 Å². The van der Waals surface area contributed by atoms with E-state index in [1.165, 1.54) is 11.1 Å². The van der Waals surface area contributed by atoms with Crippen LogP contribution in [0.15, 0.2) is 54.6 Å². The van der Waals surface area contributed by atoms with Crippen molar-refractivity contribution >= 4 is 0 Å². The lowest BCUT2D eigenvalue weighted by Crippen LogP contribution is -2.19. The van der Waals surface area contributed by atoms with Gasteiger partial charge in [-0.15, -0.1) is 0 Å². The fourth-order valence-corrected chi connectivity index (χ4v) is 2.04. The van der Waals surface area contributed by atoms with Crippen molar-refractivity contribution in [2.75, 3.05) is 13.2 Å². The van der Waals surface area contributed by atoms with E-state index in [4.69, 9.17) is 9.84 Å². The van der Waals surface area contributed by atoms with Gasteiger partial charge in [-0.2, -0.15) is 0 Å². The van der Waals surface area contributed by atoms with Crippen molar-refractivity contribution in [1.29, 1.82) is 0 Å². The molecule has 3 heteroatoms. The summed E-state index contributed by atoms with van der Waals surface area (Å²) in [5.74, 6) is 0. The Morgan fingerprint density at radius 1 is 0.900 bits per heavy atom. The summed E-state index contributed by atoms with van der Waals surface area (Å²) >= 11 is 0. The van der Waals surface area contributed by atoms with Crippen LogP contribution in [0.4, 0.5) is 0 Å². The van der Waals surface area contributed by atoms with Crippen LogP contribution in [0.2, 0.25) is 0 Å². The molecule has 1 unspecified atom stereocenters. The van der Waals surface area contributed by atoms with Gasteiger partial charge in [-0.25, -0.2) is 0 Å². The molecule has 0 aliphatic carbocycles. The van der Waals surface area contributed by atoms with Gasteiger partial charge in [0.15, 0.2) is 0 Å². The Kier molecular flexibility index (Phi) is 5.74. The SMILES string of the molecule is OCC(O)COCc1ccccc1Cc1ccccc1. The summed E-state index contributed by atoms with van der Waals surface area (Å²) in [4.78, 5) is 0. The van der Waals surface area contributed by atoms with E-state index in [1.807, 2.05) is 36.4 Å². The minimum Gasteiger partial charge on any atom is -0.394 e. The summed E-state index contributed by atoms with van der Waals surface area (Å²) < 4.78 is 5.44. The number of hydrogen-bond acceptors (Lipinski definition) is 3. The maximum absolute atomic E-state index is 9.27. The number of aliphatic hydroxyl groups excluding tert-OH is 2. The molecule has 0 fully saturated rings. The molecular formula is C17H20O3. The van der Waals surface area contributed by atoms with Crippen LogP contribution < -0.4 is 0 Å². The van der Waals surface area contributed by atoms with Gasteiger partial charge in [0, 0.05) is 0 Å². The molecule has 0 saturated carbocycles. The van der Waals surface area contributed by atoms with Crippen molar-refractivity contribution in [3.05, 3.63) is 71.3 Å². The van der Waals surface area contributed by atoms with Crippen molar-refractivity contribution in [3.8, 4) is 0 Å². The second kappa shape index (κ2) is 7.80. The van der Waals surface area contributed by atoms with Gasteiger partial charge in [0.25, 0.3) is 0 Å². The van der Waals surface area contributed by atoms with Gasteiger partial charge in [0.1, 0.15) is 6.10 Å². The summed E-state index contributed by atoms with van der Waals surface area (Å²) in [5.41, 5.74) is 3.59. The zero-order valence-corrected chi connectivity index (χ0v) is 11.4. The van der Waals surface area contributed by atoms with Crippen LogP contribution in [-0.2, 0) is 17.8 Å². The van der Waals surface area contributed by atoms with Crippen LogP contribution >= 0.6 is 0 Å². The van der Waals surface area contributed by atoms with Gasteiger partial charge < -0.3 is 14.9 Å². The van der Waals surface area contributed by atoms with E-state index in [2.05, 4.69) is 18.2 Å². The number of rotatable bonds is 7. The van der Waals surface area contributed by atoms with Crippen LogP contribution in [-0.4, -0.2) is 29.5 Å². The summed E-state index contributed by atoms with van der Waals surface area (Å²) in [5, 5.41) is 18.0. The molecule has 0 bridgehead atoms. The quantitative estimate of drug-likeness (QED) is 0.812. The summed E-state index contributed by atoms with van der Waals surface area (Å²) in [6, 6.07) is 18.4. The van der Waals surface area contributed by atoms with Gasteiger partial charge in [-0.05, 0) is 23.1 Å². The van der Waals surface area contributed by atoms with Crippen molar-refractivity contribution in [2.45, 2.75) is 19.1 Å². The Morgan fingerprint density at radius 3 is 2.25 bits per heavy atom.